The van der Waals surface area contributed by atoms with Crippen LogP contribution in [0.2, 0.25) is 5.02 Å². The lowest BCUT2D eigenvalue weighted by atomic mass is 10.1. The highest BCUT2D eigenvalue weighted by Gasteiger charge is 2.07. The summed E-state index contributed by atoms with van der Waals surface area (Å²) in [6.07, 6.45) is 0. The van der Waals surface area contributed by atoms with Gasteiger partial charge in [0, 0.05) is 28.2 Å². The van der Waals surface area contributed by atoms with E-state index in [4.69, 9.17) is 11.6 Å². The van der Waals surface area contributed by atoms with Gasteiger partial charge in [-0.25, -0.2) is 4.98 Å². The van der Waals surface area contributed by atoms with Crippen molar-refractivity contribution in [3.05, 3.63) is 70.4 Å². The maximum atomic E-state index is 5.92. The first kappa shape index (κ1) is 16.3. The molecule has 0 aliphatic carbocycles. The molecule has 0 atom stereocenters. The lowest BCUT2D eigenvalue weighted by Crippen LogP contribution is -2.03. The second-order valence-electron chi connectivity index (χ2n) is 5.74. The third-order valence-corrected chi connectivity index (χ3v) is 3.94. The Morgan fingerprint density at radius 2 is 1.50 bits per heavy atom. The van der Waals surface area contributed by atoms with Crippen molar-refractivity contribution in [1.29, 1.82) is 0 Å². The van der Waals surface area contributed by atoms with Gasteiger partial charge in [-0.05, 0) is 56.2 Å². The van der Waals surface area contributed by atoms with E-state index in [2.05, 4.69) is 52.6 Å². The van der Waals surface area contributed by atoms with Crippen molar-refractivity contribution in [3.8, 4) is 0 Å². The van der Waals surface area contributed by atoms with Crippen LogP contribution in [0.4, 0.5) is 23.1 Å². The van der Waals surface area contributed by atoms with E-state index in [-0.39, 0.29) is 0 Å². The molecular weight excluding hydrogens is 320 g/mol. The molecule has 0 aliphatic rings. The topological polar surface area (TPSA) is 49.8 Å². The summed E-state index contributed by atoms with van der Waals surface area (Å²) in [7, 11) is 0. The number of anilines is 4. The zero-order chi connectivity index (χ0) is 17.1. The molecule has 0 unspecified atom stereocenters. The van der Waals surface area contributed by atoms with E-state index in [1.807, 2.05) is 37.3 Å². The summed E-state index contributed by atoms with van der Waals surface area (Å²) < 4.78 is 0. The van der Waals surface area contributed by atoms with Crippen LogP contribution in [0.25, 0.3) is 0 Å². The molecule has 122 valence electrons. The predicted molar refractivity (Wildman–Crippen MR) is 101 cm³/mol. The van der Waals surface area contributed by atoms with Gasteiger partial charge in [-0.1, -0.05) is 29.8 Å². The van der Waals surface area contributed by atoms with E-state index in [1.165, 1.54) is 11.1 Å². The van der Waals surface area contributed by atoms with Crippen molar-refractivity contribution in [3.63, 3.8) is 0 Å². The summed E-state index contributed by atoms with van der Waals surface area (Å²) in [5.41, 5.74) is 5.21. The van der Waals surface area contributed by atoms with Gasteiger partial charge < -0.3 is 10.6 Å². The average Bonchev–Trinajstić information content (AvgIpc) is 2.53. The number of rotatable bonds is 4. The number of benzene rings is 2. The Kier molecular flexibility index (Phi) is 4.67. The molecule has 5 heteroatoms. The van der Waals surface area contributed by atoms with E-state index >= 15 is 0 Å². The van der Waals surface area contributed by atoms with Crippen LogP contribution >= 0.6 is 11.6 Å². The molecule has 3 rings (SSSR count). The lowest BCUT2D eigenvalue weighted by Gasteiger charge is -2.13. The third-order valence-electron chi connectivity index (χ3n) is 3.69. The van der Waals surface area contributed by atoms with Crippen molar-refractivity contribution in [1.82, 2.24) is 9.97 Å². The standard InChI is InChI=1S/C19H19ClN4/c1-12-5-4-6-13(2)18(12)23-17-11-14(3)21-19(24-17)22-16-9-7-15(20)8-10-16/h4-11H,1-3H3,(H2,21,22,23,24). The minimum atomic E-state index is 0.547. The molecule has 0 aliphatic heterocycles. The van der Waals surface area contributed by atoms with Crippen LogP contribution in [-0.2, 0) is 0 Å². The molecule has 0 radical (unpaired) electrons. The molecule has 0 spiro atoms. The van der Waals surface area contributed by atoms with Crippen LogP contribution in [0.15, 0.2) is 48.5 Å². The van der Waals surface area contributed by atoms with E-state index in [1.54, 1.807) is 0 Å². The van der Waals surface area contributed by atoms with Crippen LogP contribution in [-0.4, -0.2) is 9.97 Å². The second-order valence-corrected chi connectivity index (χ2v) is 6.18. The first-order valence-electron chi connectivity index (χ1n) is 7.73. The molecule has 3 aromatic rings. The highest BCUT2D eigenvalue weighted by molar-refractivity contribution is 6.30. The molecule has 1 heterocycles. The molecule has 4 nitrogen and oxygen atoms in total. The Bertz CT molecular complexity index is 839. The molecule has 24 heavy (non-hydrogen) atoms. The van der Waals surface area contributed by atoms with Crippen molar-refractivity contribution >= 4 is 34.7 Å². The largest absolute Gasteiger partial charge is 0.340 e. The average molecular weight is 339 g/mol. The Morgan fingerprint density at radius 3 is 2.17 bits per heavy atom. The van der Waals surface area contributed by atoms with Crippen LogP contribution in [0.5, 0.6) is 0 Å². The van der Waals surface area contributed by atoms with Crippen molar-refractivity contribution in [2.45, 2.75) is 20.8 Å². The number of para-hydroxylation sites is 1. The minimum absolute atomic E-state index is 0.547. The summed E-state index contributed by atoms with van der Waals surface area (Å²) >= 11 is 5.92. The molecular formula is C19H19ClN4. The van der Waals surface area contributed by atoms with Crippen molar-refractivity contribution in [2.24, 2.45) is 0 Å². The monoisotopic (exact) mass is 338 g/mol. The third kappa shape index (κ3) is 3.84. The first-order valence-corrected chi connectivity index (χ1v) is 8.10. The van der Waals surface area contributed by atoms with Crippen LogP contribution in [0, 0.1) is 20.8 Å². The molecule has 0 fully saturated rings. The van der Waals surface area contributed by atoms with Crippen LogP contribution in [0.1, 0.15) is 16.8 Å². The van der Waals surface area contributed by atoms with Gasteiger partial charge in [0.1, 0.15) is 5.82 Å². The van der Waals surface area contributed by atoms with Gasteiger partial charge in [-0.2, -0.15) is 4.98 Å². The fraction of sp³-hybridized carbons (Fsp3) is 0.158. The summed E-state index contributed by atoms with van der Waals surface area (Å²) in [4.78, 5) is 9.01. The number of hydrogen-bond donors (Lipinski definition) is 2. The molecule has 1 aromatic heterocycles. The molecule has 2 N–H and O–H groups in total. The Hall–Kier alpha value is -2.59. The number of halogens is 1. The van der Waals surface area contributed by atoms with E-state index < -0.39 is 0 Å². The molecule has 0 saturated carbocycles. The Morgan fingerprint density at radius 1 is 0.833 bits per heavy atom. The van der Waals surface area contributed by atoms with Crippen molar-refractivity contribution < 1.29 is 0 Å². The van der Waals surface area contributed by atoms with Crippen LogP contribution in [0.3, 0.4) is 0 Å². The van der Waals surface area contributed by atoms with Crippen molar-refractivity contribution in [2.75, 3.05) is 10.6 Å². The quantitative estimate of drug-likeness (QED) is 0.655. The number of nitrogens with one attached hydrogen (secondary N) is 2. The summed E-state index contributed by atoms with van der Waals surface area (Å²) in [5, 5.41) is 7.31. The fourth-order valence-corrected chi connectivity index (χ4v) is 2.62. The molecule has 0 saturated heterocycles. The predicted octanol–water partition coefficient (Wildman–Crippen LogP) is 5.54. The highest BCUT2D eigenvalue weighted by Crippen LogP contribution is 2.25. The molecule has 2 aromatic carbocycles. The summed E-state index contributed by atoms with van der Waals surface area (Å²) in [5.74, 6) is 1.31. The van der Waals surface area contributed by atoms with Gasteiger partial charge in [0.15, 0.2) is 0 Å². The van der Waals surface area contributed by atoms with E-state index in [0.29, 0.717) is 11.0 Å². The molecule has 0 amide bonds. The van der Waals surface area contributed by atoms with Gasteiger partial charge in [-0.3, -0.25) is 0 Å². The number of hydrogen-bond acceptors (Lipinski definition) is 4. The highest BCUT2D eigenvalue weighted by atomic mass is 35.5. The molecule has 0 bridgehead atoms. The van der Waals surface area contributed by atoms with E-state index in [0.717, 1.165) is 22.9 Å². The minimum Gasteiger partial charge on any atom is -0.340 e. The number of nitrogens with zero attached hydrogens (tertiary/aromatic N) is 2. The smallest absolute Gasteiger partial charge is 0.229 e. The summed E-state index contributed by atoms with van der Waals surface area (Å²) in [6, 6.07) is 15.6. The zero-order valence-corrected chi connectivity index (χ0v) is 14.6. The first-order chi connectivity index (χ1) is 11.5. The SMILES string of the molecule is Cc1cc(Nc2c(C)cccc2C)nc(Nc2ccc(Cl)cc2)n1. The summed E-state index contributed by atoms with van der Waals surface area (Å²) in [6.45, 7) is 6.11. The number of aromatic nitrogens is 2. The second kappa shape index (κ2) is 6.89. The van der Waals surface area contributed by atoms with Gasteiger partial charge >= 0.3 is 0 Å². The maximum Gasteiger partial charge on any atom is 0.229 e. The lowest BCUT2D eigenvalue weighted by molar-refractivity contribution is 1.10. The van der Waals surface area contributed by atoms with Crippen LogP contribution < -0.4 is 10.6 Å². The van der Waals surface area contributed by atoms with Gasteiger partial charge in [-0.15, -0.1) is 0 Å². The van der Waals surface area contributed by atoms with Gasteiger partial charge in [0.05, 0.1) is 0 Å². The number of aryl methyl sites for hydroxylation is 3. The Balaban J connectivity index is 1.87. The van der Waals surface area contributed by atoms with Gasteiger partial charge in [0.25, 0.3) is 0 Å². The van der Waals surface area contributed by atoms with Gasteiger partial charge in [0.2, 0.25) is 5.95 Å². The Labute approximate surface area is 146 Å². The zero-order valence-electron chi connectivity index (χ0n) is 13.9. The fourth-order valence-electron chi connectivity index (χ4n) is 2.49. The normalized spacial score (nSPS) is 10.5. The van der Waals surface area contributed by atoms with E-state index in [9.17, 15) is 0 Å². The maximum absolute atomic E-state index is 5.92.